The molecule has 0 bridgehead atoms. The summed E-state index contributed by atoms with van der Waals surface area (Å²) in [6.45, 7) is 7.63. The lowest BCUT2D eigenvalue weighted by Gasteiger charge is -2.35. The number of piperazine rings is 1. The zero-order valence-corrected chi connectivity index (χ0v) is 20.4. The lowest BCUT2D eigenvalue weighted by Crippen LogP contribution is -2.50. The van der Waals surface area contributed by atoms with Gasteiger partial charge in [0.2, 0.25) is 5.95 Å². The minimum atomic E-state index is -0.528. The van der Waals surface area contributed by atoms with Crippen LogP contribution in [0.25, 0.3) is 0 Å². The molecule has 1 aromatic heterocycles. The number of aliphatic hydroxyl groups excluding tert-OH is 1. The highest BCUT2D eigenvalue weighted by atomic mass is 35.5. The first-order chi connectivity index (χ1) is 16.1. The van der Waals surface area contributed by atoms with Crippen LogP contribution in [0.15, 0.2) is 36.7 Å². The molecule has 0 spiro atoms. The van der Waals surface area contributed by atoms with Crippen LogP contribution >= 0.6 is 11.6 Å². The first-order valence-electron chi connectivity index (χ1n) is 11.1. The normalized spacial score (nSPS) is 15.0. The van der Waals surface area contributed by atoms with E-state index in [2.05, 4.69) is 20.6 Å². The molecule has 3 amide bonds. The number of urea groups is 1. The minimum Gasteiger partial charge on any atom is -0.444 e. The van der Waals surface area contributed by atoms with Crippen molar-refractivity contribution in [3.05, 3.63) is 47.2 Å². The van der Waals surface area contributed by atoms with Crippen LogP contribution in [0.2, 0.25) is 5.02 Å². The number of carbonyl (C=O) groups is 2. The Bertz CT molecular complexity index is 957. The zero-order valence-electron chi connectivity index (χ0n) is 19.6. The summed E-state index contributed by atoms with van der Waals surface area (Å²) in [6, 6.07) is 6.29. The van der Waals surface area contributed by atoms with Gasteiger partial charge in [-0.3, -0.25) is 0 Å². The predicted octanol–water partition coefficient (Wildman–Crippen LogP) is 3.43. The third kappa shape index (κ3) is 7.46. The van der Waals surface area contributed by atoms with Gasteiger partial charge in [0, 0.05) is 37.8 Å². The van der Waals surface area contributed by atoms with Crippen molar-refractivity contribution in [3.8, 4) is 0 Å². The Balaban J connectivity index is 1.52. The maximum absolute atomic E-state index is 12.5. The van der Waals surface area contributed by atoms with Crippen LogP contribution in [0.1, 0.15) is 38.8 Å². The van der Waals surface area contributed by atoms with Gasteiger partial charge in [0.15, 0.2) is 0 Å². The molecule has 3 rings (SSSR count). The number of anilines is 2. The number of halogens is 1. The van der Waals surface area contributed by atoms with Gasteiger partial charge in [0.05, 0.1) is 24.1 Å². The fourth-order valence-electron chi connectivity index (χ4n) is 3.44. The van der Waals surface area contributed by atoms with Crippen LogP contribution in [0.4, 0.5) is 21.2 Å². The second kappa shape index (κ2) is 11.3. The van der Waals surface area contributed by atoms with Crippen molar-refractivity contribution >= 4 is 35.4 Å². The molecule has 0 saturated carbocycles. The quantitative estimate of drug-likeness (QED) is 0.567. The molecule has 1 atom stereocenters. The molecule has 1 aromatic carbocycles. The van der Waals surface area contributed by atoms with Gasteiger partial charge in [-0.1, -0.05) is 23.7 Å². The van der Waals surface area contributed by atoms with Crippen LogP contribution < -0.4 is 15.5 Å². The van der Waals surface area contributed by atoms with Crippen molar-refractivity contribution in [2.24, 2.45) is 0 Å². The number of ether oxygens (including phenoxy) is 1. The van der Waals surface area contributed by atoms with E-state index in [9.17, 15) is 14.7 Å². The van der Waals surface area contributed by atoms with Gasteiger partial charge in [0.1, 0.15) is 5.60 Å². The number of hydrogen-bond donors (Lipinski definition) is 3. The number of aromatic nitrogens is 2. The van der Waals surface area contributed by atoms with E-state index in [1.54, 1.807) is 17.0 Å². The number of amides is 3. The van der Waals surface area contributed by atoms with Gasteiger partial charge in [0.25, 0.3) is 0 Å². The fraction of sp³-hybridized carbons (Fsp3) is 0.478. The van der Waals surface area contributed by atoms with Gasteiger partial charge >= 0.3 is 12.1 Å². The predicted molar refractivity (Wildman–Crippen MR) is 130 cm³/mol. The molecule has 10 nitrogen and oxygen atoms in total. The fourth-order valence-corrected chi connectivity index (χ4v) is 3.56. The van der Waals surface area contributed by atoms with Crippen LogP contribution in [0, 0.1) is 0 Å². The molecule has 1 fully saturated rings. The highest BCUT2D eigenvalue weighted by Crippen LogP contribution is 2.20. The molecule has 3 N–H and O–H groups in total. The molecule has 34 heavy (non-hydrogen) atoms. The summed E-state index contributed by atoms with van der Waals surface area (Å²) in [4.78, 5) is 37.0. The average Bonchev–Trinajstić information content (AvgIpc) is 2.79. The molecular weight excluding hydrogens is 460 g/mol. The van der Waals surface area contributed by atoms with Crippen molar-refractivity contribution in [2.45, 2.75) is 38.8 Å². The highest BCUT2D eigenvalue weighted by molar-refractivity contribution is 6.30. The number of nitrogens with zero attached hydrogens (tertiary/aromatic N) is 4. The Morgan fingerprint density at radius 3 is 2.29 bits per heavy atom. The molecule has 2 aromatic rings. The number of benzene rings is 1. The standard InChI is InChI=1S/C23H31ClN6O4/c1-23(2,3)34-22(33)30-11-9-29(10-12-30)20-25-14-18(15-26-20)27-21(32)28-19(8-13-31)16-4-6-17(24)7-5-16/h4-7,14-15,19,31H,8-13H2,1-3H3,(H2,27,28,32). The topological polar surface area (TPSA) is 120 Å². The Kier molecular flexibility index (Phi) is 8.51. The largest absolute Gasteiger partial charge is 0.444 e. The molecule has 0 radical (unpaired) electrons. The molecule has 1 unspecified atom stereocenters. The molecule has 0 aliphatic carbocycles. The van der Waals surface area contributed by atoms with Crippen molar-refractivity contribution in [1.29, 1.82) is 0 Å². The van der Waals surface area contributed by atoms with Crippen LogP contribution in [0.3, 0.4) is 0 Å². The summed E-state index contributed by atoms with van der Waals surface area (Å²) in [5, 5.41) is 15.5. The van der Waals surface area contributed by atoms with E-state index in [1.807, 2.05) is 37.8 Å². The Hall–Kier alpha value is -3.11. The number of carbonyl (C=O) groups excluding carboxylic acids is 2. The molecular formula is C23H31ClN6O4. The maximum atomic E-state index is 12.5. The molecule has 1 saturated heterocycles. The highest BCUT2D eigenvalue weighted by Gasteiger charge is 2.26. The van der Waals surface area contributed by atoms with E-state index >= 15 is 0 Å². The van der Waals surface area contributed by atoms with Crippen LogP contribution in [-0.4, -0.2) is 70.5 Å². The maximum Gasteiger partial charge on any atom is 0.410 e. The summed E-state index contributed by atoms with van der Waals surface area (Å²) in [5.41, 5.74) is 0.748. The monoisotopic (exact) mass is 490 g/mol. The third-order valence-electron chi connectivity index (χ3n) is 5.11. The Morgan fingerprint density at radius 1 is 1.12 bits per heavy atom. The van der Waals surface area contributed by atoms with Crippen molar-refractivity contribution in [3.63, 3.8) is 0 Å². The van der Waals surface area contributed by atoms with Gasteiger partial charge in [-0.15, -0.1) is 0 Å². The average molecular weight is 491 g/mol. The van der Waals surface area contributed by atoms with Gasteiger partial charge < -0.3 is 30.3 Å². The Labute approximate surface area is 204 Å². The molecule has 184 valence electrons. The molecule has 1 aliphatic heterocycles. The van der Waals surface area contributed by atoms with Crippen molar-refractivity contribution < 1.29 is 19.4 Å². The van der Waals surface area contributed by atoms with E-state index in [1.165, 1.54) is 12.4 Å². The summed E-state index contributed by atoms with van der Waals surface area (Å²) < 4.78 is 5.42. The summed E-state index contributed by atoms with van der Waals surface area (Å²) in [5.74, 6) is 0.522. The lowest BCUT2D eigenvalue weighted by molar-refractivity contribution is 0.0240. The minimum absolute atomic E-state index is 0.0768. The van der Waals surface area contributed by atoms with E-state index in [0.717, 1.165) is 5.56 Å². The molecule has 2 heterocycles. The SMILES string of the molecule is CC(C)(C)OC(=O)N1CCN(c2ncc(NC(=O)NC(CCO)c3ccc(Cl)cc3)cn2)CC1. The second-order valence-electron chi connectivity index (χ2n) is 8.94. The molecule has 11 heteroatoms. The van der Waals surface area contributed by atoms with E-state index in [-0.39, 0.29) is 18.7 Å². The van der Waals surface area contributed by atoms with Crippen LogP contribution in [0.5, 0.6) is 0 Å². The first kappa shape index (κ1) is 25.5. The summed E-state index contributed by atoms with van der Waals surface area (Å²) in [7, 11) is 0. The van der Waals surface area contributed by atoms with Crippen molar-refractivity contribution in [2.75, 3.05) is 43.0 Å². The van der Waals surface area contributed by atoms with Gasteiger partial charge in [-0.05, 0) is 44.9 Å². The van der Waals surface area contributed by atoms with Gasteiger partial charge in [-0.2, -0.15) is 0 Å². The smallest absolute Gasteiger partial charge is 0.410 e. The lowest BCUT2D eigenvalue weighted by atomic mass is 10.0. The first-order valence-corrected chi connectivity index (χ1v) is 11.5. The number of aliphatic hydroxyl groups is 1. The van der Waals surface area contributed by atoms with E-state index < -0.39 is 11.6 Å². The van der Waals surface area contributed by atoms with Crippen LogP contribution in [-0.2, 0) is 4.74 Å². The zero-order chi connectivity index (χ0) is 24.7. The number of nitrogens with one attached hydrogen (secondary N) is 2. The Morgan fingerprint density at radius 2 is 1.74 bits per heavy atom. The molecule has 1 aliphatic rings. The van der Waals surface area contributed by atoms with E-state index in [4.69, 9.17) is 16.3 Å². The van der Waals surface area contributed by atoms with Crippen molar-refractivity contribution in [1.82, 2.24) is 20.2 Å². The van der Waals surface area contributed by atoms with Gasteiger partial charge in [-0.25, -0.2) is 19.6 Å². The second-order valence-corrected chi connectivity index (χ2v) is 9.38. The third-order valence-corrected chi connectivity index (χ3v) is 5.36. The summed E-state index contributed by atoms with van der Waals surface area (Å²) >= 11 is 5.93. The number of rotatable bonds is 6. The van der Waals surface area contributed by atoms with E-state index in [0.29, 0.717) is 49.3 Å². The summed E-state index contributed by atoms with van der Waals surface area (Å²) in [6.07, 6.45) is 3.10. The number of hydrogen-bond acceptors (Lipinski definition) is 7.